The average molecular weight is 349 g/mol. The Balaban J connectivity index is 1.57. The summed E-state index contributed by atoms with van der Waals surface area (Å²) in [7, 11) is 1.39. The van der Waals surface area contributed by atoms with Crippen LogP contribution < -0.4 is 5.32 Å². The van der Waals surface area contributed by atoms with Crippen LogP contribution in [0.2, 0.25) is 0 Å². The van der Waals surface area contributed by atoms with Gasteiger partial charge in [0.05, 0.1) is 13.2 Å². The molecule has 3 rings (SSSR count). The molecule has 1 unspecified atom stereocenters. The molecule has 1 aromatic rings. The van der Waals surface area contributed by atoms with Crippen molar-refractivity contribution in [2.75, 3.05) is 26.7 Å². The normalized spacial score (nSPS) is 21.9. The molecule has 25 heavy (non-hydrogen) atoms. The highest BCUT2D eigenvalue weighted by Gasteiger charge is 2.32. The number of furan rings is 1. The quantitative estimate of drug-likeness (QED) is 0.890. The van der Waals surface area contributed by atoms with Gasteiger partial charge in [0.1, 0.15) is 11.5 Å². The smallest absolute Gasteiger partial charge is 0.409 e. The summed E-state index contributed by atoms with van der Waals surface area (Å²) in [4.78, 5) is 27.9. The molecule has 3 amide bonds. The van der Waals surface area contributed by atoms with Gasteiger partial charge in [-0.2, -0.15) is 0 Å². The summed E-state index contributed by atoms with van der Waals surface area (Å²) in [6.45, 7) is 3.89. The van der Waals surface area contributed by atoms with Crippen molar-refractivity contribution in [2.45, 2.75) is 51.1 Å². The second-order valence-corrected chi connectivity index (χ2v) is 6.83. The molecule has 0 saturated carbocycles. The molecule has 138 valence electrons. The third-order valence-electron chi connectivity index (χ3n) is 5.11. The molecule has 0 spiro atoms. The number of piperidine rings is 2. The third kappa shape index (κ3) is 4.08. The van der Waals surface area contributed by atoms with Crippen LogP contribution in [-0.4, -0.2) is 54.7 Å². The van der Waals surface area contributed by atoms with Gasteiger partial charge in [-0.1, -0.05) is 0 Å². The van der Waals surface area contributed by atoms with E-state index in [1.54, 1.807) is 4.90 Å². The number of hydrogen-bond acceptors (Lipinski definition) is 4. The van der Waals surface area contributed by atoms with E-state index >= 15 is 0 Å². The maximum absolute atomic E-state index is 12.8. The zero-order valence-corrected chi connectivity index (χ0v) is 15.0. The lowest BCUT2D eigenvalue weighted by atomic mass is 10.00. The fourth-order valence-corrected chi connectivity index (χ4v) is 3.70. The first kappa shape index (κ1) is 17.6. The van der Waals surface area contributed by atoms with Gasteiger partial charge in [0, 0.05) is 25.7 Å². The number of rotatable bonds is 2. The molecule has 7 nitrogen and oxygen atoms in total. The van der Waals surface area contributed by atoms with E-state index in [1.165, 1.54) is 7.11 Å². The van der Waals surface area contributed by atoms with E-state index in [0.717, 1.165) is 50.2 Å². The minimum Gasteiger partial charge on any atom is -0.464 e. The lowest BCUT2D eigenvalue weighted by molar-refractivity contribution is 0.106. The number of carbonyl (C=O) groups excluding carboxylic acids is 2. The van der Waals surface area contributed by atoms with Crippen LogP contribution in [0.15, 0.2) is 16.5 Å². The monoisotopic (exact) mass is 349 g/mol. The van der Waals surface area contributed by atoms with E-state index in [1.807, 2.05) is 24.0 Å². The largest absolute Gasteiger partial charge is 0.464 e. The van der Waals surface area contributed by atoms with Gasteiger partial charge in [0.25, 0.3) is 0 Å². The molecule has 1 aromatic heterocycles. The molecule has 0 radical (unpaired) electrons. The van der Waals surface area contributed by atoms with E-state index in [9.17, 15) is 9.59 Å². The first-order chi connectivity index (χ1) is 12.1. The molecule has 0 bridgehead atoms. The summed E-state index contributed by atoms with van der Waals surface area (Å²) >= 11 is 0. The fraction of sp³-hybridized carbons (Fsp3) is 0.667. The molecular formula is C18H27N3O4. The van der Waals surface area contributed by atoms with Gasteiger partial charge in [0.15, 0.2) is 0 Å². The average Bonchev–Trinajstić information content (AvgIpc) is 3.08. The maximum Gasteiger partial charge on any atom is 0.409 e. The van der Waals surface area contributed by atoms with Gasteiger partial charge < -0.3 is 24.3 Å². The second-order valence-electron chi connectivity index (χ2n) is 6.83. The molecule has 0 aromatic carbocycles. The molecule has 2 saturated heterocycles. The van der Waals surface area contributed by atoms with Crippen LogP contribution in [0, 0.1) is 6.92 Å². The molecule has 7 heteroatoms. The third-order valence-corrected chi connectivity index (χ3v) is 5.11. The lowest BCUT2D eigenvalue weighted by Gasteiger charge is -2.37. The zero-order valence-electron chi connectivity index (χ0n) is 15.0. The highest BCUT2D eigenvalue weighted by Crippen LogP contribution is 2.32. The van der Waals surface area contributed by atoms with Crippen molar-refractivity contribution < 1.29 is 18.7 Å². The summed E-state index contributed by atoms with van der Waals surface area (Å²) in [6.07, 6.45) is 4.25. The van der Waals surface area contributed by atoms with Crippen molar-refractivity contribution in [3.05, 3.63) is 23.7 Å². The molecule has 2 aliphatic heterocycles. The minimum absolute atomic E-state index is 0.0117. The Morgan fingerprint density at radius 2 is 1.92 bits per heavy atom. The van der Waals surface area contributed by atoms with E-state index in [2.05, 4.69) is 5.32 Å². The highest BCUT2D eigenvalue weighted by atomic mass is 16.5. The number of urea groups is 1. The molecule has 1 N–H and O–H groups in total. The number of carbonyl (C=O) groups is 2. The maximum atomic E-state index is 12.8. The van der Waals surface area contributed by atoms with Gasteiger partial charge >= 0.3 is 12.1 Å². The number of nitrogens with one attached hydrogen (secondary N) is 1. The van der Waals surface area contributed by atoms with Gasteiger partial charge in [-0.3, -0.25) is 0 Å². The number of ether oxygens (including phenoxy) is 1. The van der Waals surface area contributed by atoms with Crippen molar-refractivity contribution in [1.29, 1.82) is 0 Å². The van der Waals surface area contributed by atoms with Crippen LogP contribution in [0.3, 0.4) is 0 Å². The van der Waals surface area contributed by atoms with E-state index < -0.39 is 0 Å². The Morgan fingerprint density at radius 3 is 2.56 bits per heavy atom. The van der Waals surface area contributed by atoms with Crippen molar-refractivity contribution >= 4 is 12.1 Å². The predicted octanol–water partition coefficient (Wildman–Crippen LogP) is 3.06. The minimum atomic E-state index is -0.297. The second kappa shape index (κ2) is 7.80. The standard InChI is InChI=1S/C18H27N3O4/c1-13-6-7-16(25-13)15-5-3-4-10-21(15)17(22)19-14-8-11-20(12-9-14)18(23)24-2/h6-7,14-15H,3-5,8-12H2,1-2H3,(H,19,22). The molecule has 2 aliphatic rings. The Kier molecular flexibility index (Phi) is 5.50. The molecule has 2 fully saturated rings. The number of amides is 3. The summed E-state index contributed by atoms with van der Waals surface area (Å²) < 4.78 is 10.5. The molecule has 1 atom stereocenters. The van der Waals surface area contributed by atoms with Gasteiger partial charge in [0.2, 0.25) is 0 Å². The fourth-order valence-electron chi connectivity index (χ4n) is 3.70. The van der Waals surface area contributed by atoms with E-state index in [4.69, 9.17) is 9.15 Å². The Labute approximate surface area is 148 Å². The van der Waals surface area contributed by atoms with Crippen LogP contribution in [0.25, 0.3) is 0 Å². The van der Waals surface area contributed by atoms with Crippen LogP contribution in [0.5, 0.6) is 0 Å². The van der Waals surface area contributed by atoms with Gasteiger partial charge in [-0.05, 0) is 51.2 Å². The lowest BCUT2D eigenvalue weighted by Crippen LogP contribution is -2.51. The van der Waals surface area contributed by atoms with Crippen molar-refractivity contribution in [3.63, 3.8) is 0 Å². The van der Waals surface area contributed by atoms with Crippen LogP contribution in [0.4, 0.5) is 9.59 Å². The summed E-state index contributed by atoms with van der Waals surface area (Å²) in [6, 6.07) is 3.99. The van der Waals surface area contributed by atoms with E-state index in [0.29, 0.717) is 13.1 Å². The van der Waals surface area contributed by atoms with Crippen LogP contribution >= 0.6 is 0 Å². The van der Waals surface area contributed by atoms with Crippen molar-refractivity contribution in [3.8, 4) is 0 Å². The van der Waals surface area contributed by atoms with Crippen LogP contribution in [-0.2, 0) is 4.74 Å². The van der Waals surface area contributed by atoms with Gasteiger partial charge in [-0.15, -0.1) is 0 Å². The number of hydrogen-bond donors (Lipinski definition) is 1. The number of aryl methyl sites for hydroxylation is 1. The van der Waals surface area contributed by atoms with E-state index in [-0.39, 0.29) is 24.2 Å². The summed E-state index contributed by atoms with van der Waals surface area (Å²) in [5.41, 5.74) is 0. The molecule has 0 aliphatic carbocycles. The van der Waals surface area contributed by atoms with Gasteiger partial charge in [-0.25, -0.2) is 9.59 Å². The Bertz CT molecular complexity index is 607. The summed E-state index contributed by atoms with van der Waals surface area (Å²) in [5, 5.41) is 3.14. The first-order valence-electron chi connectivity index (χ1n) is 9.05. The first-order valence-corrected chi connectivity index (χ1v) is 9.05. The SMILES string of the molecule is COC(=O)N1CCC(NC(=O)N2CCCCC2c2ccc(C)o2)CC1. The highest BCUT2D eigenvalue weighted by molar-refractivity contribution is 5.75. The topological polar surface area (TPSA) is 75.0 Å². The number of methoxy groups -OCH3 is 1. The molecule has 3 heterocycles. The Morgan fingerprint density at radius 1 is 1.16 bits per heavy atom. The van der Waals surface area contributed by atoms with Crippen LogP contribution in [0.1, 0.15) is 49.7 Å². The van der Waals surface area contributed by atoms with Crippen molar-refractivity contribution in [2.24, 2.45) is 0 Å². The molecular weight excluding hydrogens is 322 g/mol. The predicted molar refractivity (Wildman–Crippen MR) is 92.3 cm³/mol. The summed E-state index contributed by atoms with van der Waals surface area (Å²) in [5.74, 6) is 1.74. The number of nitrogens with zero attached hydrogens (tertiary/aromatic N) is 2. The van der Waals surface area contributed by atoms with Crippen molar-refractivity contribution in [1.82, 2.24) is 15.1 Å². The Hall–Kier alpha value is -2.18. The zero-order chi connectivity index (χ0) is 17.8. The number of likely N-dealkylation sites (tertiary alicyclic amines) is 2.